The third kappa shape index (κ3) is 5.30. The zero-order valence-electron chi connectivity index (χ0n) is 27.8. The summed E-state index contributed by atoms with van der Waals surface area (Å²) in [7, 11) is 1.47. The van der Waals surface area contributed by atoms with Crippen LogP contribution in [0.15, 0.2) is 44.8 Å². The van der Waals surface area contributed by atoms with Crippen molar-refractivity contribution in [3.63, 3.8) is 0 Å². The number of aldehydes is 1. The average molecular weight is 688 g/mol. The van der Waals surface area contributed by atoms with Gasteiger partial charge in [-0.1, -0.05) is 18.9 Å². The SMILES string of the molecule is CCOC(=O)C1=C(C=O)C(=CCn2ccnc2[NH+]2CN=C3C([O-])=NC(=N)N=C32)c2c(OC)c3c(c(CO)c2O1)OC(C(C)(O)C1CCCC1)C3. The highest BCUT2D eigenvalue weighted by atomic mass is 16.6. The first-order valence-electron chi connectivity index (χ1n) is 16.5. The van der Waals surface area contributed by atoms with E-state index in [2.05, 4.69) is 20.0 Å². The van der Waals surface area contributed by atoms with Gasteiger partial charge in [0.15, 0.2) is 18.7 Å². The van der Waals surface area contributed by atoms with Crippen molar-refractivity contribution in [2.45, 2.75) is 70.8 Å². The molecule has 3 atom stereocenters. The summed E-state index contributed by atoms with van der Waals surface area (Å²) >= 11 is 0. The van der Waals surface area contributed by atoms with E-state index < -0.39 is 36.1 Å². The van der Waals surface area contributed by atoms with Crippen molar-refractivity contribution in [1.29, 1.82) is 5.41 Å². The number of quaternary nitrogens is 1. The average Bonchev–Trinajstić information content (AvgIpc) is 3.92. The molecule has 1 aromatic carbocycles. The molecule has 0 spiro atoms. The molecular formula is C34H37N7O9. The first-order valence-corrected chi connectivity index (χ1v) is 16.5. The summed E-state index contributed by atoms with van der Waals surface area (Å²) in [5.74, 6) is -0.929. The lowest BCUT2D eigenvalue weighted by Gasteiger charge is -2.35. The molecule has 4 N–H and O–H groups in total. The minimum absolute atomic E-state index is 0.0172. The largest absolute Gasteiger partial charge is 0.857 e. The van der Waals surface area contributed by atoms with Gasteiger partial charge in [-0.15, -0.1) is 0 Å². The van der Waals surface area contributed by atoms with Gasteiger partial charge in [0, 0.05) is 36.2 Å². The Morgan fingerprint density at radius 3 is 2.76 bits per heavy atom. The van der Waals surface area contributed by atoms with Gasteiger partial charge in [-0.05, 0) is 32.6 Å². The number of aliphatic imine (C=N–C) groups is 3. The number of nitrogens with one attached hydrogen (secondary N) is 2. The fourth-order valence-corrected chi connectivity index (χ4v) is 7.52. The first kappa shape index (κ1) is 33.3. The number of aliphatic hydroxyl groups is 2. The van der Waals surface area contributed by atoms with Gasteiger partial charge < -0.3 is 34.3 Å². The van der Waals surface area contributed by atoms with E-state index in [4.69, 9.17) is 24.4 Å². The summed E-state index contributed by atoms with van der Waals surface area (Å²) in [5, 5.41) is 42.7. The number of guanidine groups is 1. The van der Waals surface area contributed by atoms with Crippen LogP contribution >= 0.6 is 0 Å². The zero-order chi connectivity index (χ0) is 35.3. The Bertz CT molecular complexity index is 1950. The van der Waals surface area contributed by atoms with Gasteiger partial charge in [0.2, 0.25) is 11.7 Å². The van der Waals surface area contributed by atoms with Gasteiger partial charge in [-0.3, -0.25) is 14.8 Å². The van der Waals surface area contributed by atoms with Crippen molar-refractivity contribution in [3.05, 3.63) is 46.5 Å². The number of imidazole rings is 1. The summed E-state index contributed by atoms with van der Waals surface area (Å²) < 4.78 is 25.6. The number of allylic oxidation sites excluding steroid dienone is 3. The number of amidine groups is 1. The molecule has 2 aromatic rings. The maximum Gasteiger partial charge on any atom is 0.375 e. The van der Waals surface area contributed by atoms with Gasteiger partial charge in [0.25, 0.3) is 5.84 Å². The predicted molar refractivity (Wildman–Crippen MR) is 176 cm³/mol. The lowest BCUT2D eigenvalue weighted by molar-refractivity contribution is -0.730. The Hall–Kier alpha value is -5.19. The number of fused-ring (bicyclic) bond motifs is 3. The number of hydrogen-bond acceptors (Lipinski definition) is 12. The summed E-state index contributed by atoms with van der Waals surface area (Å²) in [6.07, 6.45) is 8.89. The molecule has 5 aliphatic rings. The van der Waals surface area contributed by atoms with Crippen LogP contribution in [-0.2, 0) is 33.9 Å². The molecule has 1 aliphatic carbocycles. The molecule has 50 heavy (non-hydrogen) atoms. The van der Waals surface area contributed by atoms with Crippen LogP contribution < -0.4 is 24.2 Å². The molecule has 4 aliphatic heterocycles. The van der Waals surface area contributed by atoms with Crippen LogP contribution in [0, 0.1) is 11.3 Å². The Morgan fingerprint density at radius 1 is 1.28 bits per heavy atom. The van der Waals surface area contributed by atoms with Crippen molar-refractivity contribution in [2.75, 3.05) is 20.4 Å². The van der Waals surface area contributed by atoms with Gasteiger partial charge in [-0.25, -0.2) is 19.7 Å². The molecule has 5 heterocycles. The molecule has 16 heteroatoms. The van der Waals surface area contributed by atoms with Crippen LogP contribution in [0.2, 0.25) is 0 Å². The van der Waals surface area contributed by atoms with Gasteiger partial charge in [0.1, 0.15) is 29.0 Å². The number of carbonyl (C=O) groups excluding carboxylic acids is 2. The highest BCUT2D eigenvalue weighted by Crippen LogP contribution is 2.55. The van der Waals surface area contributed by atoms with E-state index in [0.717, 1.165) is 25.7 Å². The monoisotopic (exact) mass is 687 g/mol. The first-order chi connectivity index (χ1) is 24.1. The molecule has 3 unspecified atom stereocenters. The van der Waals surface area contributed by atoms with Crippen LogP contribution in [0.1, 0.15) is 56.2 Å². The number of methoxy groups -OCH3 is 1. The molecule has 0 amide bonds. The van der Waals surface area contributed by atoms with Crippen LogP contribution in [0.3, 0.4) is 0 Å². The maximum atomic E-state index is 13.2. The third-order valence-electron chi connectivity index (χ3n) is 9.99. The third-order valence-corrected chi connectivity index (χ3v) is 9.99. The number of aromatic nitrogens is 2. The number of carbonyl (C=O) groups is 2. The fourth-order valence-electron chi connectivity index (χ4n) is 7.52. The Labute approximate surface area is 286 Å². The Balaban J connectivity index is 1.34. The molecule has 0 radical (unpaired) electrons. The van der Waals surface area contributed by atoms with Crippen LogP contribution in [0.5, 0.6) is 17.2 Å². The van der Waals surface area contributed by atoms with E-state index in [1.54, 1.807) is 36.9 Å². The highest BCUT2D eigenvalue weighted by Gasteiger charge is 2.48. The second-order valence-electron chi connectivity index (χ2n) is 12.7. The van der Waals surface area contributed by atoms with Crippen molar-refractivity contribution in [2.24, 2.45) is 20.9 Å². The molecule has 1 saturated carbocycles. The molecule has 7 rings (SSSR count). The van der Waals surface area contributed by atoms with Crippen molar-refractivity contribution in [1.82, 2.24) is 9.55 Å². The van der Waals surface area contributed by atoms with Crippen LogP contribution in [0.4, 0.5) is 5.95 Å². The molecule has 262 valence electrons. The van der Waals surface area contributed by atoms with Crippen LogP contribution in [-0.4, -0.2) is 87.5 Å². The topological polar surface area (TPSA) is 218 Å². The number of esters is 1. The number of ether oxygens (including phenoxy) is 4. The minimum Gasteiger partial charge on any atom is -0.857 e. The van der Waals surface area contributed by atoms with Crippen molar-refractivity contribution >= 4 is 47.2 Å². The number of rotatable bonds is 10. The quantitative estimate of drug-likeness (QED) is 0.196. The number of nitrogens with zero attached hydrogens (tertiary/aromatic N) is 5. The molecule has 0 saturated heterocycles. The van der Waals surface area contributed by atoms with E-state index in [1.165, 1.54) is 7.11 Å². The van der Waals surface area contributed by atoms with E-state index in [9.17, 15) is 24.9 Å². The summed E-state index contributed by atoms with van der Waals surface area (Å²) in [6.45, 7) is 3.09. The zero-order valence-corrected chi connectivity index (χ0v) is 27.8. The lowest BCUT2D eigenvalue weighted by Crippen LogP contribution is -3.10. The lowest BCUT2D eigenvalue weighted by atomic mass is 9.81. The highest BCUT2D eigenvalue weighted by molar-refractivity contribution is 6.66. The van der Waals surface area contributed by atoms with Crippen molar-refractivity contribution < 1.29 is 48.8 Å². The van der Waals surface area contributed by atoms with E-state index >= 15 is 0 Å². The number of aliphatic hydroxyl groups excluding tert-OH is 1. The van der Waals surface area contributed by atoms with E-state index in [1.807, 2.05) is 0 Å². The second-order valence-corrected chi connectivity index (χ2v) is 12.7. The standard InChI is InChI=1S/C34H37N7O9/c1-4-48-31(45)28-20(14-42)18(9-11-40-12-10-36-33(40)41-16-37-24-29(41)38-32(35)39-30(24)44)23-26(47-3)19-13-22(34(2,46)17-7-5-6-8-17)49-25(19)21(15-43)27(23)50-28/h9-10,12,14,17,22,43,46H,4-8,11,13,15-16H2,1-3H3,(H2,35,39,44). The molecule has 1 fully saturated rings. The second kappa shape index (κ2) is 12.9. The normalized spacial score (nSPS) is 23.3. The van der Waals surface area contributed by atoms with Crippen molar-refractivity contribution in [3.8, 4) is 17.2 Å². The summed E-state index contributed by atoms with van der Waals surface area (Å²) in [6, 6.07) is 0. The Kier molecular flexibility index (Phi) is 8.61. The van der Waals surface area contributed by atoms with Crippen LogP contribution in [0.25, 0.3) is 5.57 Å². The molecular weight excluding hydrogens is 650 g/mol. The maximum absolute atomic E-state index is 13.2. The predicted octanol–water partition coefficient (Wildman–Crippen LogP) is 0.155. The summed E-state index contributed by atoms with van der Waals surface area (Å²) in [4.78, 5) is 43.0. The molecule has 0 bridgehead atoms. The number of hydrogen-bond donors (Lipinski definition) is 4. The van der Waals surface area contributed by atoms with Gasteiger partial charge in [0.05, 0.1) is 43.2 Å². The molecule has 16 nitrogen and oxygen atoms in total. The van der Waals surface area contributed by atoms with Gasteiger partial charge >= 0.3 is 11.9 Å². The fraction of sp³-hybridized carbons (Fsp3) is 0.441. The summed E-state index contributed by atoms with van der Waals surface area (Å²) in [5.41, 5.74) is 0.242. The smallest absolute Gasteiger partial charge is 0.375 e. The minimum atomic E-state index is -1.17. The van der Waals surface area contributed by atoms with Gasteiger partial charge in [-0.2, -0.15) is 9.98 Å². The van der Waals surface area contributed by atoms with E-state index in [-0.39, 0.29) is 71.9 Å². The Morgan fingerprint density at radius 2 is 2.06 bits per heavy atom. The van der Waals surface area contributed by atoms with E-state index in [0.29, 0.717) is 39.8 Å². The number of benzene rings is 1. The molecule has 1 aromatic heterocycles.